The van der Waals surface area contributed by atoms with Gasteiger partial charge in [0.25, 0.3) is 0 Å². The van der Waals surface area contributed by atoms with Gasteiger partial charge in [-0.05, 0) is 53.4 Å². The zero-order valence-corrected chi connectivity index (χ0v) is 12.6. The van der Waals surface area contributed by atoms with E-state index in [1.165, 1.54) is 25.7 Å². The first-order chi connectivity index (χ1) is 8.63. The summed E-state index contributed by atoms with van der Waals surface area (Å²) in [6.07, 6.45) is 5.06. The molecule has 3 unspecified atom stereocenters. The Labute approximate surface area is 117 Å². The molecule has 2 fully saturated rings. The average Bonchev–Trinajstić information content (AvgIpc) is 3.12. The molecule has 2 aliphatic carbocycles. The van der Waals surface area contributed by atoms with E-state index < -0.39 is 0 Å². The first-order valence-electron chi connectivity index (χ1n) is 6.94. The van der Waals surface area contributed by atoms with Crippen molar-refractivity contribution in [2.24, 2.45) is 11.8 Å². The lowest BCUT2D eigenvalue weighted by molar-refractivity contribution is 0.435. The van der Waals surface area contributed by atoms with E-state index in [4.69, 9.17) is 0 Å². The van der Waals surface area contributed by atoms with Gasteiger partial charge in [-0.25, -0.2) is 9.97 Å². The van der Waals surface area contributed by atoms with Crippen molar-refractivity contribution in [3.8, 4) is 0 Å². The van der Waals surface area contributed by atoms with E-state index in [2.05, 4.69) is 45.1 Å². The van der Waals surface area contributed by atoms with E-state index in [0.717, 1.165) is 28.1 Å². The molecule has 1 N–H and O–H groups in total. The Morgan fingerprint density at radius 2 is 1.94 bits per heavy atom. The SMILES string of the molecule is CC1CCC(Nc2cc(Br)nc(C3CC3)n2)C1C. The molecule has 2 aliphatic rings. The Hall–Kier alpha value is -0.640. The summed E-state index contributed by atoms with van der Waals surface area (Å²) >= 11 is 3.49. The van der Waals surface area contributed by atoms with E-state index in [9.17, 15) is 0 Å². The molecule has 0 aliphatic heterocycles. The van der Waals surface area contributed by atoms with E-state index in [-0.39, 0.29) is 0 Å². The van der Waals surface area contributed by atoms with Crippen LogP contribution in [-0.2, 0) is 0 Å². The number of anilines is 1. The van der Waals surface area contributed by atoms with Crippen molar-refractivity contribution in [1.29, 1.82) is 0 Å². The number of halogens is 1. The summed E-state index contributed by atoms with van der Waals surface area (Å²) in [5.74, 6) is 4.14. The number of hydrogen-bond donors (Lipinski definition) is 1. The molecular formula is C14H20BrN3. The minimum absolute atomic E-state index is 0.564. The number of rotatable bonds is 3. The Balaban J connectivity index is 1.75. The zero-order chi connectivity index (χ0) is 12.7. The van der Waals surface area contributed by atoms with Crippen molar-refractivity contribution in [2.45, 2.75) is 51.5 Å². The second-order valence-corrected chi connectivity index (χ2v) is 6.69. The number of hydrogen-bond acceptors (Lipinski definition) is 3. The van der Waals surface area contributed by atoms with Gasteiger partial charge in [-0.1, -0.05) is 13.8 Å². The van der Waals surface area contributed by atoms with Crippen molar-refractivity contribution >= 4 is 21.7 Å². The third-order valence-electron chi connectivity index (χ3n) is 4.45. The second-order valence-electron chi connectivity index (χ2n) is 5.87. The molecule has 0 radical (unpaired) electrons. The first-order valence-corrected chi connectivity index (χ1v) is 7.74. The Bertz CT molecular complexity index is 445. The van der Waals surface area contributed by atoms with Crippen LogP contribution in [0, 0.1) is 11.8 Å². The summed E-state index contributed by atoms with van der Waals surface area (Å²) in [5.41, 5.74) is 0. The molecule has 4 heteroatoms. The van der Waals surface area contributed by atoms with E-state index in [1.807, 2.05) is 6.07 Å². The van der Waals surface area contributed by atoms with E-state index >= 15 is 0 Å². The molecule has 98 valence electrons. The lowest BCUT2D eigenvalue weighted by atomic mass is 9.98. The fraction of sp³-hybridized carbons (Fsp3) is 0.714. The highest BCUT2D eigenvalue weighted by molar-refractivity contribution is 9.10. The smallest absolute Gasteiger partial charge is 0.135 e. The van der Waals surface area contributed by atoms with Crippen molar-refractivity contribution in [2.75, 3.05) is 5.32 Å². The van der Waals surface area contributed by atoms with Gasteiger partial charge in [-0.2, -0.15) is 0 Å². The molecule has 3 rings (SSSR count). The fourth-order valence-corrected chi connectivity index (χ4v) is 3.19. The molecule has 0 saturated heterocycles. The van der Waals surface area contributed by atoms with Gasteiger partial charge in [0, 0.05) is 18.0 Å². The van der Waals surface area contributed by atoms with Gasteiger partial charge >= 0.3 is 0 Å². The third-order valence-corrected chi connectivity index (χ3v) is 4.86. The lowest BCUT2D eigenvalue weighted by Crippen LogP contribution is -2.24. The molecule has 18 heavy (non-hydrogen) atoms. The Kier molecular flexibility index (Phi) is 3.31. The summed E-state index contributed by atoms with van der Waals surface area (Å²) in [5, 5.41) is 3.60. The minimum Gasteiger partial charge on any atom is -0.367 e. The summed E-state index contributed by atoms with van der Waals surface area (Å²) < 4.78 is 0.903. The standard InChI is InChI=1S/C14H20BrN3/c1-8-3-6-11(9(8)2)16-13-7-12(15)17-14(18-13)10-4-5-10/h7-11H,3-6H2,1-2H3,(H,16,17,18). The van der Waals surface area contributed by atoms with Gasteiger partial charge in [0.05, 0.1) is 0 Å². The summed E-state index contributed by atoms with van der Waals surface area (Å²) in [6, 6.07) is 2.57. The molecule has 2 saturated carbocycles. The summed E-state index contributed by atoms with van der Waals surface area (Å²) in [7, 11) is 0. The predicted octanol–water partition coefficient (Wildman–Crippen LogP) is 3.96. The van der Waals surface area contributed by atoms with Gasteiger partial charge in [-0.15, -0.1) is 0 Å². The normalized spacial score (nSPS) is 31.6. The predicted molar refractivity (Wildman–Crippen MR) is 76.7 cm³/mol. The number of aromatic nitrogens is 2. The van der Waals surface area contributed by atoms with Crippen LogP contribution in [0.2, 0.25) is 0 Å². The maximum atomic E-state index is 4.67. The van der Waals surface area contributed by atoms with Crippen LogP contribution in [-0.4, -0.2) is 16.0 Å². The molecule has 3 nitrogen and oxygen atoms in total. The molecule has 3 atom stereocenters. The highest BCUT2D eigenvalue weighted by Crippen LogP contribution is 2.39. The van der Waals surface area contributed by atoms with Crippen LogP contribution in [0.3, 0.4) is 0 Å². The average molecular weight is 310 g/mol. The van der Waals surface area contributed by atoms with Crippen LogP contribution in [0.1, 0.15) is 51.3 Å². The monoisotopic (exact) mass is 309 g/mol. The molecule has 0 spiro atoms. The van der Waals surface area contributed by atoms with Crippen molar-refractivity contribution < 1.29 is 0 Å². The van der Waals surface area contributed by atoms with Gasteiger partial charge in [0.1, 0.15) is 16.2 Å². The minimum atomic E-state index is 0.564. The second kappa shape index (κ2) is 4.80. The highest BCUT2D eigenvalue weighted by Gasteiger charge is 2.31. The van der Waals surface area contributed by atoms with Gasteiger partial charge < -0.3 is 5.32 Å². The van der Waals surface area contributed by atoms with Crippen molar-refractivity contribution in [1.82, 2.24) is 9.97 Å². The number of nitrogens with zero attached hydrogens (tertiary/aromatic N) is 2. The van der Waals surface area contributed by atoms with Gasteiger partial charge in [-0.3, -0.25) is 0 Å². The van der Waals surface area contributed by atoms with Gasteiger partial charge in [0.15, 0.2) is 0 Å². The quantitative estimate of drug-likeness (QED) is 0.859. The van der Waals surface area contributed by atoms with Crippen LogP contribution in [0.5, 0.6) is 0 Å². The molecule has 0 amide bonds. The van der Waals surface area contributed by atoms with Crippen LogP contribution < -0.4 is 5.32 Å². The van der Waals surface area contributed by atoms with Crippen molar-refractivity contribution in [3.63, 3.8) is 0 Å². The largest absolute Gasteiger partial charge is 0.367 e. The van der Waals surface area contributed by atoms with Crippen LogP contribution in [0.15, 0.2) is 10.7 Å². The van der Waals surface area contributed by atoms with Crippen LogP contribution >= 0.6 is 15.9 Å². The summed E-state index contributed by atoms with van der Waals surface area (Å²) in [6.45, 7) is 4.69. The lowest BCUT2D eigenvalue weighted by Gasteiger charge is -2.20. The van der Waals surface area contributed by atoms with Crippen LogP contribution in [0.25, 0.3) is 0 Å². The Morgan fingerprint density at radius 3 is 2.56 bits per heavy atom. The number of nitrogens with one attached hydrogen (secondary N) is 1. The first kappa shape index (κ1) is 12.4. The van der Waals surface area contributed by atoms with Gasteiger partial charge in [0.2, 0.25) is 0 Å². The fourth-order valence-electron chi connectivity index (χ4n) is 2.79. The maximum Gasteiger partial charge on any atom is 0.135 e. The molecule has 0 aromatic carbocycles. The van der Waals surface area contributed by atoms with Crippen molar-refractivity contribution in [3.05, 3.63) is 16.5 Å². The third kappa shape index (κ3) is 2.53. The molecule has 1 aromatic heterocycles. The Morgan fingerprint density at radius 1 is 1.17 bits per heavy atom. The van der Waals surface area contributed by atoms with E-state index in [0.29, 0.717) is 12.0 Å². The maximum absolute atomic E-state index is 4.67. The van der Waals surface area contributed by atoms with E-state index in [1.54, 1.807) is 0 Å². The molecule has 0 bridgehead atoms. The van der Waals surface area contributed by atoms with Crippen LogP contribution in [0.4, 0.5) is 5.82 Å². The highest BCUT2D eigenvalue weighted by atomic mass is 79.9. The zero-order valence-electron chi connectivity index (χ0n) is 11.0. The molecular weight excluding hydrogens is 290 g/mol. The topological polar surface area (TPSA) is 37.8 Å². The molecule has 1 heterocycles. The summed E-state index contributed by atoms with van der Waals surface area (Å²) in [4.78, 5) is 9.14. The molecule has 1 aromatic rings.